The molecule has 0 aromatic heterocycles. The number of ether oxygens (including phenoxy) is 1. The summed E-state index contributed by atoms with van der Waals surface area (Å²) >= 11 is 0. The van der Waals surface area contributed by atoms with Crippen molar-refractivity contribution in [2.45, 2.75) is 18.3 Å². The van der Waals surface area contributed by atoms with Gasteiger partial charge in [0.05, 0.1) is 37.4 Å². The summed E-state index contributed by atoms with van der Waals surface area (Å²) in [4.78, 5) is 42.7. The van der Waals surface area contributed by atoms with Crippen LogP contribution >= 0.6 is 0 Å². The minimum absolute atomic E-state index is 0.0983. The van der Waals surface area contributed by atoms with E-state index in [1.165, 1.54) is 46.1 Å². The molecule has 34 heavy (non-hydrogen) atoms. The molecule has 2 aliphatic heterocycles. The Morgan fingerprint density at radius 2 is 1.71 bits per heavy atom. The number of carbonyl (C=O) groups excluding carboxylic acids is 3. The molecule has 0 radical (unpaired) electrons. The molecule has 0 atom stereocenters. The third kappa shape index (κ3) is 3.91. The maximum atomic E-state index is 13.6. The molecule has 176 valence electrons. The molecular formula is C23H19F3N4O4. The van der Waals surface area contributed by atoms with Gasteiger partial charge in [-0.25, -0.2) is 4.79 Å². The molecule has 0 N–H and O–H groups in total. The van der Waals surface area contributed by atoms with Gasteiger partial charge < -0.3 is 19.4 Å². The van der Waals surface area contributed by atoms with Gasteiger partial charge in [-0.05, 0) is 42.0 Å². The molecule has 2 saturated heterocycles. The predicted molar refractivity (Wildman–Crippen MR) is 112 cm³/mol. The van der Waals surface area contributed by atoms with Crippen LogP contribution in [0.4, 0.5) is 23.7 Å². The number of benzene rings is 2. The van der Waals surface area contributed by atoms with Gasteiger partial charge in [0, 0.05) is 12.2 Å². The SMILES string of the molecule is COC(=O)N1CC2(C1)C(=O)N(c1ccc(C#N)cc1)CC(=O)N2Cc1ccc(C(F)(F)F)cc1. The number of hydrogen-bond acceptors (Lipinski definition) is 5. The Balaban J connectivity index is 1.64. The summed E-state index contributed by atoms with van der Waals surface area (Å²) in [5, 5.41) is 9.00. The second kappa shape index (κ2) is 8.37. The Hall–Kier alpha value is -4.07. The van der Waals surface area contributed by atoms with Crippen LogP contribution in [0.1, 0.15) is 16.7 Å². The molecule has 0 aliphatic carbocycles. The first-order valence-electron chi connectivity index (χ1n) is 10.2. The van der Waals surface area contributed by atoms with Crippen molar-refractivity contribution in [3.8, 4) is 6.07 Å². The molecule has 1 spiro atoms. The lowest BCUT2D eigenvalue weighted by Crippen LogP contribution is -2.81. The van der Waals surface area contributed by atoms with E-state index in [-0.39, 0.29) is 26.2 Å². The van der Waals surface area contributed by atoms with E-state index < -0.39 is 35.2 Å². The minimum atomic E-state index is -4.49. The number of likely N-dealkylation sites (tertiary alicyclic amines) is 1. The van der Waals surface area contributed by atoms with Crippen LogP contribution < -0.4 is 4.90 Å². The molecule has 8 nitrogen and oxygen atoms in total. The van der Waals surface area contributed by atoms with Crippen LogP contribution in [0.25, 0.3) is 0 Å². The summed E-state index contributed by atoms with van der Waals surface area (Å²) < 4.78 is 43.4. The molecule has 2 fully saturated rings. The summed E-state index contributed by atoms with van der Waals surface area (Å²) in [5.74, 6) is -0.850. The van der Waals surface area contributed by atoms with Crippen molar-refractivity contribution in [2.24, 2.45) is 0 Å². The largest absolute Gasteiger partial charge is 0.453 e. The van der Waals surface area contributed by atoms with Crippen molar-refractivity contribution in [2.75, 3.05) is 31.6 Å². The van der Waals surface area contributed by atoms with Crippen molar-refractivity contribution >= 4 is 23.6 Å². The zero-order chi connectivity index (χ0) is 24.7. The van der Waals surface area contributed by atoms with Gasteiger partial charge in [0.25, 0.3) is 5.91 Å². The molecule has 0 saturated carbocycles. The molecule has 2 aliphatic rings. The van der Waals surface area contributed by atoms with E-state index in [4.69, 9.17) is 10.00 Å². The van der Waals surface area contributed by atoms with Crippen LogP contribution in [-0.2, 0) is 27.0 Å². The van der Waals surface area contributed by atoms with Crippen molar-refractivity contribution < 1.29 is 32.3 Å². The smallest absolute Gasteiger partial charge is 0.416 e. The molecule has 0 unspecified atom stereocenters. The Morgan fingerprint density at radius 3 is 2.24 bits per heavy atom. The lowest BCUT2D eigenvalue weighted by Gasteiger charge is -2.57. The number of rotatable bonds is 3. The van der Waals surface area contributed by atoms with Crippen molar-refractivity contribution in [3.05, 3.63) is 65.2 Å². The first-order chi connectivity index (χ1) is 16.1. The van der Waals surface area contributed by atoms with Crippen LogP contribution in [0, 0.1) is 11.3 Å². The fraction of sp³-hybridized carbons (Fsp3) is 0.304. The molecule has 0 bridgehead atoms. The highest BCUT2D eigenvalue weighted by Gasteiger charge is 2.61. The van der Waals surface area contributed by atoms with E-state index in [0.717, 1.165) is 12.1 Å². The lowest BCUT2D eigenvalue weighted by molar-refractivity contribution is -0.162. The van der Waals surface area contributed by atoms with E-state index in [1.54, 1.807) is 12.1 Å². The van der Waals surface area contributed by atoms with Crippen molar-refractivity contribution in [3.63, 3.8) is 0 Å². The number of alkyl halides is 3. The van der Waals surface area contributed by atoms with Gasteiger partial charge in [0.15, 0.2) is 5.54 Å². The average Bonchev–Trinajstić information content (AvgIpc) is 2.79. The molecule has 3 amide bonds. The lowest BCUT2D eigenvalue weighted by atomic mass is 9.83. The molecule has 4 rings (SSSR count). The Labute approximate surface area is 192 Å². The maximum absolute atomic E-state index is 13.6. The standard InChI is InChI=1S/C23H19F3N4O4/c1-34-21(33)28-13-22(14-28)20(32)29(18-8-4-15(10-27)5-9-18)12-19(31)30(22)11-16-2-6-17(7-3-16)23(24,25)26/h2-9H,11-14H2,1H3. The number of amides is 3. The summed E-state index contributed by atoms with van der Waals surface area (Å²) in [6.07, 6.45) is -5.15. The average molecular weight is 472 g/mol. The highest BCUT2D eigenvalue weighted by Crippen LogP contribution is 2.37. The van der Waals surface area contributed by atoms with Crippen LogP contribution in [0.2, 0.25) is 0 Å². The van der Waals surface area contributed by atoms with Gasteiger partial charge in [0.1, 0.15) is 6.54 Å². The number of piperazine rings is 1. The third-order valence-corrected chi connectivity index (χ3v) is 6.02. The van der Waals surface area contributed by atoms with Gasteiger partial charge in [-0.1, -0.05) is 12.1 Å². The number of hydrogen-bond donors (Lipinski definition) is 0. The third-order valence-electron chi connectivity index (χ3n) is 6.02. The van der Waals surface area contributed by atoms with Gasteiger partial charge in [0.2, 0.25) is 5.91 Å². The number of anilines is 1. The first-order valence-corrected chi connectivity index (χ1v) is 10.2. The number of nitriles is 1. The van der Waals surface area contributed by atoms with Gasteiger partial charge in [-0.3, -0.25) is 9.59 Å². The number of carbonyl (C=O) groups is 3. The van der Waals surface area contributed by atoms with Crippen LogP contribution in [0.5, 0.6) is 0 Å². The number of methoxy groups -OCH3 is 1. The topological polar surface area (TPSA) is 94.0 Å². The summed E-state index contributed by atoms with van der Waals surface area (Å²) in [5.41, 5.74) is -0.988. The van der Waals surface area contributed by atoms with E-state index in [1.807, 2.05) is 6.07 Å². The number of halogens is 3. The van der Waals surface area contributed by atoms with E-state index >= 15 is 0 Å². The zero-order valence-electron chi connectivity index (χ0n) is 18.0. The fourth-order valence-corrected chi connectivity index (χ4v) is 4.19. The van der Waals surface area contributed by atoms with Crippen molar-refractivity contribution in [1.29, 1.82) is 5.26 Å². The monoisotopic (exact) mass is 472 g/mol. The zero-order valence-corrected chi connectivity index (χ0v) is 18.0. The molecule has 2 heterocycles. The predicted octanol–water partition coefficient (Wildman–Crippen LogP) is 2.77. The molecule has 2 aromatic rings. The summed E-state index contributed by atoms with van der Waals surface area (Å²) in [7, 11) is 1.20. The number of nitrogens with zero attached hydrogens (tertiary/aromatic N) is 4. The van der Waals surface area contributed by atoms with E-state index in [2.05, 4.69) is 0 Å². The maximum Gasteiger partial charge on any atom is 0.416 e. The molecule has 2 aromatic carbocycles. The normalized spacial score (nSPS) is 17.4. The fourth-order valence-electron chi connectivity index (χ4n) is 4.19. The van der Waals surface area contributed by atoms with Crippen LogP contribution in [-0.4, -0.2) is 60.0 Å². The Kier molecular flexibility index (Phi) is 5.69. The van der Waals surface area contributed by atoms with Crippen LogP contribution in [0.15, 0.2) is 48.5 Å². The first kappa shape index (κ1) is 23.1. The van der Waals surface area contributed by atoms with Crippen LogP contribution in [0.3, 0.4) is 0 Å². The quantitative estimate of drug-likeness (QED) is 0.685. The summed E-state index contributed by atoms with van der Waals surface area (Å²) in [6.45, 7) is -0.612. The van der Waals surface area contributed by atoms with Gasteiger partial charge in [-0.2, -0.15) is 18.4 Å². The van der Waals surface area contributed by atoms with E-state index in [9.17, 15) is 27.6 Å². The molecular weight excluding hydrogens is 453 g/mol. The summed E-state index contributed by atoms with van der Waals surface area (Å²) in [6, 6.07) is 12.5. The highest BCUT2D eigenvalue weighted by molar-refractivity contribution is 6.10. The van der Waals surface area contributed by atoms with Gasteiger partial charge >= 0.3 is 12.3 Å². The molecule has 11 heteroatoms. The minimum Gasteiger partial charge on any atom is -0.453 e. The highest BCUT2D eigenvalue weighted by atomic mass is 19.4. The Bertz CT molecular complexity index is 1170. The second-order valence-electron chi connectivity index (χ2n) is 8.08. The van der Waals surface area contributed by atoms with Gasteiger partial charge in [-0.15, -0.1) is 0 Å². The van der Waals surface area contributed by atoms with Crippen molar-refractivity contribution in [1.82, 2.24) is 9.80 Å². The Morgan fingerprint density at radius 1 is 1.09 bits per heavy atom. The van der Waals surface area contributed by atoms with E-state index in [0.29, 0.717) is 16.8 Å². The second-order valence-corrected chi connectivity index (χ2v) is 8.08.